The fourth-order valence-corrected chi connectivity index (χ4v) is 1.73. The molecule has 2 rings (SSSR count). The van der Waals surface area contributed by atoms with Gasteiger partial charge in [-0.15, -0.1) is 0 Å². The van der Waals surface area contributed by atoms with Crippen molar-refractivity contribution < 1.29 is 4.74 Å². The van der Waals surface area contributed by atoms with Crippen LogP contribution in [0.25, 0.3) is 10.9 Å². The third kappa shape index (κ3) is 1.42. The molecular weight excluding hydrogens is 228 g/mol. The largest absolute Gasteiger partial charge is 0.496 e. The number of aromatic nitrogens is 1. The van der Waals surface area contributed by atoms with Gasteiger partial charge in [0.2, 0.25) is 5.43 Å². The Hall–Kier alpha value is -1.99. The van der Waals surface area contributed by atoms with Crippen LogP contribution in [-0.4, -0.2) is 12.1 Å². The molecule has 0 aliphatic heterocycles. The zero-order valence-electron chi connectivity index (χ0n) is 8.37. The quantitative estimate of drug-likeness (QED) is 0.821. The number of halogens is 1. The third-order valence-electron chi connectivity index (χ3n) is 2.29. The van der Waals surface area contributed by atoms with Gasteiger partial charge < -0.3 is 9.72 Å². The van der Waals surface area contributed by atoms with Crippen molar-refractivity contribution in [2.24, 2.45) is 0 Å². The molecule has 0 amide bonds. The minimum Gasteiger partial charge on any atom is -0.496 e. The molecular formula is C11H7ClN2O2. The van der Waals surface area contributed by atoms with Gasteiger partial charge >= 0.3 is 0 Å². The number of benzene rings is 1. The SMILES string of the molecule is COc1ccc(Cl)c2[nH]cc(C#N)c(=O)c12. The second-order valence-electron chi connectivity index (χ2n) is 3.14. The van der Waals surface area contributed by atoms with Crippen molar-refractivity contribution in [3.05, 3.63) is 39.1 Å². The molecule has 0 aliphatic rings. The second-order valence-corrected chi connectivity index (χ2v) is 3.55. The summed E-state index contributed by atoms with van der Waals surface area (Å²) in [4.78, 5) is 14.7. The highest BCUT2D eigenvalue weighted by atomic mass is 35.5. The van der Waals surface area contributed by atoms with Crippen molar-refractivity contribution in [1.29, 1.82) is 5.26 Å². The maximum Gasteiger partial charge on any atom is 0.210 e. The Kier molecular flexibility index (Phi) is 2.55. The molecule has 16 heavy (non-hydrogen) atoms. The number of rotatable bonds is 1. The van der Waals surface area contributed by atoms with Gasteiger partial charge in [-0.05, 0) is 12.1 Å². The summed E-state index contributed by atoms with van der Waals surface area (Å²) in [5.41, 5.74) is 0.133. The molecule has 0 fully saturated rings. The molecule has 0 saturated heterocycles. The van der Waals surface area contributed by atoms with E-state index in [0.717, 1.165) is 0 Å². The Morgan fingerprint density at radius 3 is 2.88 bits per heavy atom. The van der Waals surface area contributed by atoms with Crippen LogP contribution in [0.1, 0.15) is 5.56 Å². The van der Waals surface area contributed by atoms with E-state index >= 15 is 0 Å². The van der Waals surface area contributed by atoms with Crippen LogP contribution in [0.2, 0.25) is 5.02 Å². The van der Waals surface area contributed by atoms with Gasteiger partial charge in [0, 0.05) is 6.20 Å². The van der Waals surface area contributed by atoms with Crippen molar-refractivity contribution in [3.8, 4) is 11.8 Å². The van der Waals surface area contributed by atoms with Gasteiger partial charge in [0.1, 0.15) is 17.4 Å². The monoisotopic (exact) mass is 234 g/mol. The normalized spacial score (nSPS) is 10.1. The Labute approximate surface area is 96.0 Å². The average Bonchev–Trinajstić information content (AvgIpc) is 2.31. The predicted octanol–water partition coefficient (Wildman–Crippen LogP) is 2.06. The fraction of sp³-hybridized carbons (Fsp3) is 0.0909. The number of methoxy groups -OCH3 is 1. The van der Waals surface area contributed by atoms with Crippen molar-refractivity contribution in [1.82, 2.24) is 4.98 Å². The Morgan fingerprint density at radius 2 is 2.25 bits per heavy atom. The molecule has 80 valence electrons. The van der Waals surface area contributed by atoms with Crippen LogP contribution in [0.3, 0.4) is 0 Å². The summed E-state index contributed by atoms with van der Waals surface area (Å²) >= 11 is 5.94. The number of aromatic amines is 1. The highest BCUT2D eigenvalue weighted by Gasteiger charge is 2.12. The lowest BCUT2D eigenvalue weighted by Gasteiger charge is -2.06. The van der Waals surface area contributed by atoms with E-state index in [0.29, 0.717) is 21.7 Å². The van der Waals surface area contributed by atoms with Gasteiger partial charge in [-0.25, -0.2) is 0 Å². The van der Waals surface area contributed by atoms with E-state index in [4.69, 9.17) is 21.6 Å². The topological polar surface area (TPSA) is 65.9 Å². The molecule has 4 nitrogen and oxygen atoms in total. The van der Waals surface area contributed by atoms with Crippen LogP contribution in [0.4, 0.5) is 0 Å². The van der Waals surface area contributed by atoms with Crippen LogP contribution in [0.15, 0.2) is 23.1 Å². The number of nitriles is 1. The smallest absolute Gasteiger partial charge is 0.210 e. The van der Waals surface area contributed by atoms with Gasteiger partial charge in [0.05, 0.1) is 23.0 Å². The molecule has 0 saturated carbocycles. The van der Waals surface area contributed by atoms with Crippen molar-refractivity contribution in [3.63, 3.8) is 0 Å². The van der Waals surface area contributed by atoms with E-state index in [9.17, 15) is 4.79 Å². The molecule has 0 unspecified atom stereocenters. The summed E-state index contributed by atoms with van der Waals surface area (Å²) in [6.07, 6.45) is 1.34. The van der Waals surface area contributed by atoms with Gasteiger partial charge in [0.15, 0.2) is 0 Å². The summed E-state index contributed by atoms with van der Waals surface area (Å²) in [6, 6.07) is 5.04. The standard InChI is InChI=1S/C11H7ClN2O2/c1-16-8-3-2-7(12)10-9(8)11(15)6(4-13)5-14-10/h2-3,5H,1H3,(H,14,15). The molecule has 0 aliphatic carbocycles. The zero-order chi connectivity index (χ0) is 11.7. The zero-order valence-corrected chi connectivity index (χ0v) is 9.13. The summed E-state index contributed by atoms with van der Waals surface area (Å²) in [7, 11) is 1.46. The number of ether oxygens (including phenoxy) is 1. The summed E-state index contributed by atoms with van der Waals surface area (Å²) in [5.74, 6) is 0.401. The first-order chi connectivity index (χ1) is 7.69. The number of nitrogens with zero attached hydrogens (tertiary/aromatic N) is 1. The van der Waals surface area contributed by atoms with Crippen LogP contribution < -0.4 is 10.2 Å². The van der Waals surface area contributed by atoms with Crippen molar-refractivity contribution in [2.45, 2.75) is 0 Å². The van der Waals surface area contributed by atoms with Gasteiger partial charge in [-0.2, -0.15) is 5.26 Å². The first-order valence-corrected chi connectivity index (χ1v) is 4.85. The lowest BCUT2D eigenvalue weighted by atomic mass is 10.1. The first kappa shape index (κ1) is 10.5. The van der Waals surface area contributed by atoms with Crippen LogP contribution in [-0.2, 0) is 0 Å². The number of fused-ring (bicyclic) bond motifs is 1. The molecule has 2 aromatic rings. The third-order valence-corrected chi connectivity index (χ3v) is 2.60. The predicted molar refractivity (Wildman–Crippen MR) is 60.8 cm³/mol. The van der Waals surface area contributed by atoms with E-state index in [1.165, 1.54) is 13.3 Å². The van der Waals surface area contributed by atoms with Crippen LogP contribution >= 0.6 is 11.6 Å². The van der Waals surface area contributed by atoms with E-state index in [1.54, 1.807) is 12.1 Å². The van der Waals surface area contributed by atoms with Crippen molar-refractivity contribution in [2.75, 3.05) is 7.11 Å². The molecule has 1 aromatic carbocycles. The molecule has 0 radical (unpaired) electrons. The molecule has 0 atom stereocenters. The van der Waals surface area contributed by atoms with Crippen LogP contribution in [0.5, 0.6) is 5.75 Å². The molecule has 1 aromatic heterocycles. The van der Waals surface area contributed by atoms with E-state index in [1.807, 2.05) is 6.07 Å². The minimum absolute atomic E-state index is 0.0352. The number of pyridine rings is 1. The Bertz CT molecular complexity index is 655. The Balaban J connectivity index is 3.02. The highest BCUT2D eigenvalue weighted by Crippen LogP contribution is 2.27. The lowest BCUT2D eigenvalue weighted by molar-refractivity contribution is 0.419. The molecule has 0 spiro atoms. The summed E-state index contributed by atoms with van der Waals surface area (Å²) in [5, 5.41) is 9.48. The Morgan fingerprint density at radius 1 is 1.50 bits per heavy atom. The molecule has 0 bridgehead atoms. The number of nitrogens with one attached hydrogen (secondary N) is 1. The minimum atomic E-state index is -0.379. The maximum absolute atomic E-state index is 11.9. The van der Waals surface area contributed by atoms with Gasteiger partial charge in [-0.1, -0.05) is 11.6 Å². The van der Waals surface area contributed by atoms with E-state index in [-0.39, 0.29) is 11.0 Å². The lowest BCUT2D eigenvalue weighted by Crippen LogP contribution is -2.08. The summed E-state index contributed by atoms with van der Waals surface area (Å²) < 4.78 is 5.07. The number of hydrogen-bond acceptors (Lipinski definition) is 3. The number of H-pyrrole nitrogens is 1. The molecule has 1 N–H and O–H groups in total. The van der Waals surface area contributed by atoms with E-state index < -0.39 is 0 Å². The highest BCUT2D eigenvalue weighted by molar-refractivity contribution is 6.35. The second kappa shape index (κ2) is 3.87. The first-order valence-electron chi connectivity index (χ1n) is 4.47. The number of hydrogen-bond donors (Lipinski definition) is 1. The molecule has 5 heteroatoms. The van der Waals surface area contributed by atoms with E-state index in [2.05, 4.69) is 4.98 Å². The van der Waals surface area contributed by atoms with Gasteiger partial charge in [-0.3, -0.25) is 4.79 Å². The van der Waals surface area contributed by atoms with Crippen molar-refractivity contribution >= 4 is 22.5 Å². The maximum atomic E-state index is 11.9. The average molecular weight is 235 g/mol. The molecule has 1 heterocycles. The van der Waals surface area contributed by atoms with Gasteiger partial charge in [0.25, 0.3) is 0 Å². The fourth-order valence-electron chi connectivity index (χ4n) is 1.52. The van der Waals surface area contributed by atoms with Crippen LogP contribution in [0, 0.1) is 11.3 Å². The summed E-state index contributed by atoms with van der Waals surface area (Å²) in [6.45, 7) is 0.